The lowest BCUT2D eigenvalue weighted by atomic mass is 10.0. The van der Waals surface area contributed by atoms with Crippen LogP contribution in [0.4, 0.5) is 10.2 Å². The summed E-state index contributed by atoms with van der Waals surface area (Å²) in [7, 11) is 0. The van der Waals surface area contributed by atoms with Crippen molar-refractivity contribution >= 4 is 28.8 Å². The van der Waals surface area contributed by atoms with Crippen molar-refractivity contribution in [1.82, 2.24) is 5.16 Å². The van der Waals surface area contributed by atoms with Crippen molar-refractivity contribution < 1.29 is 8.91 Å². The van der Waals surface area contributed by atoms with Gasteiger partial charge in [0.1, 0.15) is 5.82 Å². The fourth-order valence-electron chi connectivity index (χ4n) is 2.11. The SMILES string of the molecule is Cc1cc(-c2onc(N)c2-c2cccc(Cl)c2F)sc1C. The molecule has 0 fully saturated rings. The minimum atomic E-state index is -0.527. The summed E-state index contributed by atoms with van der Waals surface area (Å²) in [6.07, 6.45) is 0. The van der Waals surface area contributed by atoms with E-state index >= 15 is 0 Å². The summed E-state index contributed by atoms with van der Waals surface area (Å²) in [5.74, 6) is 0.0880. The van der Waals surface area contributed by atoms with Gasteiger partial charge in [-0.1, -0.05) is 28.9 Å². The Morgan fingerprint density at radius 1 is 1.33 bits per heavy atom. The summed E-state index contributed by atoms with van der Waals surface area (Å²) in [5, 5.41) is 3.82. The first-order valence-corrected chi connectivity index (χ1v) is 7.45. The summed E-state index contributed by atoms with van der Waals surface area (Å²) < 4.78 is 19.6. The minimum Gasteiger partial charge on any atom is -0.380 e. The Hall–Kier alpha value is -1.85. The molecule has 0 radical (unpaired) electrons. The Morgan fingerprint density at radius 2 is 2.10 bits per heavy atom. The molecule has 0 amide bonds. The zero-order valence-corrected chi connectivity index (χ0v) is 13.0. The number of aryl methyl sites for hydroxylation is 2. The van der Waals surface area contributed by atoms with Gasteiger partial charge in [0.2, 0.25) is 0 Å². The van der Waals surface area contributed by atoms with Crippen molar-refractivity contribution in [3.63, 3.8) is 0 Å². The zero-order valence-electron chi connectivity index (χ0n) is 11.4. The van der Waals surface area contributed by atoms with Crippen molar-refractivity contribution in [2.75, 3.05) is 5.73 Å². The molecule has 2 N–H and O–H groups in total. The lowest BCUT2D eigenvalue weighted by molar-refractivity contribution is 0.437. The molecule has 0 bridgehead atoms. The molecule has 0 saturated heterocycles. The van der Waals surface area contributed by atoms with Crippen molar-refractivity contribution in [2.45, 2.75) is 13.8 Å². The highest BCUT2D eigenvalue weighted by Gasteiger charge is 2.22. The second-order valence-electron chi connectivity index (χ2n) is 4.72. The van der Waals surface area contributed by atoms with Gasteiger partial charge in [0.25, 0.3) is 0 Å². The van der Waals surface area contributed by atoms with E-state index in [0.717, 1.165) is 15.3 Å². The summed E-state index contributed by atoms with van der Waals surface area (Å²) in [4.78, 5) is 2.03. The number of hydrogen-bond acceptors (Lipinski definition) is 4. The number of nitrogens with zero attached hydrogens (tertiary/aromatic N) is 1. The molecular weight excluding hydrogens is 311 g/mol. The average Bonchev–Trinajstić information content (AvgIpc) is 2.97. The molecule has 0 atom stereocenters. The predicted octanol–water partition coefficient (Wildman–Crippen LogP) is 5.06. The second-order valence-corrected chi connectivity index (χ2v) is 6.39. The maximum absolute atomic E-state index is 14.3. The molecule has 0 aliphatic carbocycles. The fraction of sp³-hybridized carbons (Fsp3) is 0.133. The number of aromatic nitrogens is 1. The highest BCUT2D eigenvalue weighted by molar-refractivity contribution is 7.15. The predicted molar refractivity (Wildman–Crippen MR) is 84.1 cm³/mol. The molecule has 3 aromatic rings. The van der Waals surface area contributed by atoms with E-state index in [-0.39, 0.29) is 10.8 Å². The molecule has 0 aliphatic heterocycles. The number of anilines is 1. The summed E-state index contributed by atoms with van der Waals surface area (Å²) in [6.45, 7) is 4.03. The van der Waals surface area contributed by atoms with Crippen LogP contribution in [0.3, 0.4) is 0 Å². The van der Waals surface area contributed by atoms with Crippen LogP contribution in [0.2, 0.25) is 5.02 Å². The molecule has 3 nitrogen and oxygen atoms in total. The molecule has 6 heteroatoms. The van der Waals surface area contributed by atoms with E-state index in [1.165, 1.54) is 6.07 Å². The van der Waals surface area contributed by atoms with Gasteiger partial charge in [0.15, 0.2) is 11.6 Å². The topological polar surface area (TPSA) is 52.0 Å². The van der Waals surface area contributed by atoms with Crippen molar-refractivity contribution in [1.29, 1.82) is 0 Å². The van der Waals surface area contributed by atoms with E-state index in [1.807, 2.05) is 19.9 Å². The number of thiophene rings is 1. The Morgan fingerprint density at radius 3 is 2.76 bits per heavy atom. The van der Waals surface area contributed by atoms with Crippen LogP contribution >= 0.6 is 22.9 Å². The molecule has 3 rings (SSSR count). The van der Waals surface area contributed by atoms with E-state index < -0.39 is 5.82 Å². The molecule has 0 spiro atoms. The smallest absolute Gasteiger partial charge is 0.186 e. The first kappa shape index (κ1) is 14.1. The van der Waals surface area contributed by atoms with Gasteiger partial charge in [-0.3, -0.25) is 0 Å². The molecule has 108 valence electrons. The maximum Gasteiger partial charge on any atom is 0.186 e. The van der Waals surface area contributed by atoms with Crippen LogP contribution in [-0.4, -0.2) is 5.16 Å². The zero-order chi connectivity index (χ0) is 15.1. The molecule has 0 aliphatic rings. The Labute approximate surface area is 130 Å². The molecule has 0 unspecified atom stereocenters. The third-order valence-electron chi connectivity index (χ3n) is 3.33. The normalized spacial score (nSPS) is 11.0. The number of rotatable bonds is 2. The summed E-state index contributed by atoms with van der Waals surface area (Å²) >= 11 is 7.40. The van der Waals surface area contributed by atoms with Crippen molar-refractivity contribution in [2.24, 2.45) is 0 Å². The second kappa shape index (κ2) is 5.16. The lowest BCUT2D eigenvalue weighted by Gasteiger charge is -2.04. The number of nitrogen functional groups attached to an aromatic ring is 1. The highest BCUT2D eigenvalue weighted by atomic mass is 35.5. The largest absolute Gasteiger partial charge is 0.380 e. The Balaban J connectivity index is 2.24. The van der Waals surface area contributed by atoms with E-state index in [2.05, 4.69) is 5.16 Å². The molecule has 2 heterocycles. The molecule has 2 aromatic heterocycles. The summed E-state index contributed by atoms with van der Waals surface area (Å²) in [5.41, 5.74) is 7.74. The third-order valence-corrected chi connectivity index (χ3v) is 4.77. The van der Waals surface area contributed by atoms with E-state index in [0.29, 0.717) is 16.9 Å². The van der Waals surface area contributed by atoms with Gasteiger partial charge in [-0.2, -0.15) is 0 Å². The number of benzene rings is 1. The summed E-state index contributed by atoms with van der Waals surface area (Å²) in [6, 6.07) is 6.75. The number of halogens is 2. The van der Waals surface area contributed by atoms with Crippen LogP contribution in [0.5, 0.6) is 0 Å². The van der Waals surface area contributed by atoms with E-state index in [9.17, 15) is 4.39 Å². The van der Waals surface area contributed by atoms with E-state index in [4.69, 9.17) is 21.9 Å². The van der Waals surface area contributed by atoms with Crippen molar-refractivity contribution in [3.8, 4) is 21.8 Å². The van der Waals surface area contributed by atoms with Gasteiger partial charge >= 0.3 is 0 Å². The minimum absolute atomic E-state index is 0.0394. The van der Waals surface area contributed by atoms with Gasteiger partial charge in [-0.05, 0) is 31.5 Å². The molecule has 21 heavy (non-hydrogen) atoms. The monoisotopic (exact) mass is 322 g/mol. The lowest BCUT2D eigenvalue weighted by Crippen LogP contribution is -1.91. The third kappa shape index (κ3) is 2.32. The van der Waals surface area contributed by atoms with Gasteiger partial charge < -0.3 is 10.3 Å². The molecule has 0 saturated carbocycles. The van der Waals surface area contributed by atoms with Gasteiger partial charge in [-0.15, -0.1) is 11.3 Å². The van der Waals surface area contributed by atoms with Crippen LogP contribution in [0.25, 0.3) is 21.8 Å². The highest BCUT2D eigenvalue weighted by Crippen LogP contribution is 2.42. The quantitative estimate of drug-likeness (QED) is 0.717. The molecular formula is C15H12ClFN2OS. The van der Waals surface area contributed by atoms with Crippen LogP contribution in [0.1, 0.15) is 10.4 Å². The standard InChI is InChI=1S/C15H12ClFN2OS/c1-7-6-11(21-8(7)2)14-12(15(18)19-20-14)9-4-3-5-10(16)13(9)17/h3-6H,1-2H3,(H2,18,19). The van der Waals surface area contributed by atoms with E-state index in [1.54, 1.807) is 23.5 Å². The first-order chi connectivity index (χ1) is 9.99. The van der Waals surface area contributed by atoms with Crippen LogP contribution < -0.4 is 5.73 Å². The Bertz CT molecular complexity index is 806. The Kier molecular flexibility index (Phi) is 3.47. The maximum atomic E-state index is 14.3. The molecule has 1 aromatic carbocycles. The van der Waals surface area contributed by atoms with Crippen LogP contribution in [0.15, 0.2) is 28.8 Å². The fourth-order valence-corrected chi connectivity index (χ4v) is 3.30. The first-order valence-electron chi connectivity index (χ1n) is 6.26. The van der Waals surface area contributed by atoms with Crippen LogP contribution in [0, 0.1) is 19.7 Å². The van der Waals surface area contributed by atoms with Crippen LogP contribution in [-0.2, 0) is 0 Å². The van der Waals surface area contributed by atoms with Crippen molar-refractivity contribution in [3.05, 3.63) is 45.5 Å². The van der Waals surface area contributed by atoms with Gasteiger partial charge in [0, 0.05) is 10.4 Å². The van der Waals surface area contributed by atoms with Gasteiger partial charge in [0.05, 0.1) is 15.5 Å². The number of nitrogens with two attached hydrogens (primary N) is 1. The number of hydrogen-bond donors (Lipinski definition) is 1. The average molecular weight is 323 g/mol. The van der Waals surface area contributed by atoms with Gasteiger partial charge in [-0.25, -0.2) is 4.39 Å².